The minimum absolute atomic E-state index is 0.169. The lowest BCUT2D eigenvalue weighted by atomic mass is 10.1. The van der Waals surface area contributed by atoms with Crippen LogP contribution in [0.15, 0.2) is 24.4 Å². The van der Waals surface area contributed by atoms with Crippen molar-refractivity contribution in [3.8, 4) is 11.5 Å². The highest BCUT2D eigenvalue weighted by Crippen LogP contribution is 2.33. The number of rotatable bonds is 3. The number of carbonyl (C=O) groups excluding carboxylic acids is 1. The minimum Gasteiger partial charge on any atom is -0.497 e. The van der Waals surface area contributed by atoms with Crippen LogP contribution in [0.4, 0.5) is 9.93 Å². The summed E-state index contributed by atoms with van der Waals surface area (Å²) < 4.78 is 11.4. The van der Waals surface area contributed by atoms with Crippen molar-refractivity contribution in [2.75, 3.05) is 19.0 Å². The van der Waals surface area contributed by atoms with E-state index >= 15 is 0 Å². The Morgan fingerprint density at radius 3 is 2.96 bits per heavy atom. The zero-order chi connectivity index (χ0) is 18.0. The molecule has 0 saturated heterocycles. The molecule has 1 aliphatic rings. The van der Waals surface area contributed by atoms with E-state index < -0.39 is 5.60 Å². The fourth-order valence-electron chi connectivity index (χ4n) is 2.78. The van der Waals surface area contributed by atoms with Gasteiger partial charge in [0.1, 0.15) is 17.1 Å². The first-order chi connectivity index (χ1) is 11.9. The lowest BCUT2D eigenvalue weighted by Gasteiger charge is -2.29. The largest absolute Gasteiger partial charge is 0.497 e. The molecular formula is C18H23N3O3S. The molecule has 3 rings (SSSR count). The second-order valence-corrected chi connectivity index (χ2v) is 7.72. The summed E-state index contributed by atoms with van der Waals surface area (Å²) in [7, 11) is 1.63. The molecule has 1 N–H and O–H groups in total. The van der Waals surface area contributed by atoms with Crippen LogP contribution in [-0.4, -0.2) is 35.2 Å². The first kappa shape index (κ1) is 17.5. The summed E-state index contributed by atoms with van der Waals surface area (Å²) in [6.07, 6.45) is 2.71. The second kappa shape index (κ2) is 6.92. The molecule has 1 aromatic carbocycles. The molecule has 0 aliphatic carbocycles. The van der Waals surface area contributed by atoms with Crippen LogP contribution in [0.5, 0.6) is 11.5 Å². The molecule has 25 heavy (non-hydrogen) atoms. The molecule has 7 heteroatoms. The van der Waals surface area contributed by atoms with E-state index in [9.17, 15) is 4.79 Å². The molecule has 6 nitrogen and oxygen atoms in total. The maximum absolute atomic E-state index is 12.7. The molecule has 0 saturated carbocycles. The summed E-state index contributed by atoms with van der Waals surface area (Å²) in [5.74, 6) is 1.49. The highest BCUT2D eigenvalue weighted by molar-refractivity contribution is 7.15. The Labute approximate surface area is 151 Å². The van der Waals surface area contributed by atoms with Crippen molar-refractivity contribution < 1.29 is 14.3 Å². The maximum Gasteiger partial charge on any atom is 0.324 e. The number of benzene rings is 1. The number of amides is 2. The van der Waals surface area contributed by atoms with Crippen molar-refractivity contribution in [1.82, 2.24) is 9.88 Å². The average Bonchev–Trinajstić information content (AvgIpc) is 2.96. The van der Waals surface area contributed by atoms with E-state index in [4.69, 9.17) is 9.47 Å². The number of carbonyl (C=O) groups is 1. The van der Waals surface area contributed by atoms with Gasteiger partial charge in [0.2, 0.25) is 0 Å². The van der Waals surface area contributed by atoms with Gasteiger partial charge in [-0.25, -0.2) is 9.78 Å². The van der Waals surface area contributed by atoms with Crippen molar-refractivity contribution in [1.29, 1.82) is 0 Å². The quantitative estimate of drug-likeness (QED) is 0.900. The Morgan fingerprint density at radius 1 is 1.48 bits per heavy atom. The standard InChI is InChI=1S/C18H23N3O3S/c1-5-14-9-19-16(25-14)20-17(22)21-10-12-6-7-13(23-4)8-15(12)24-18(2,3)11-21/h6-9H,5,10-11H2,1-4H3,(H,19,20,22). The minimum atomic E-state index is -0.508. The highest BCUT2D eigenvalue weighted by atomic mass is 32.1. The molecule has 134 valence electrons. The Hall–Kier alpha value is -2.28. The van der Waals surface area contributed by atoms with Crippen molar-refractivity contribution >= 4 is 22.5 Å². The molecule has 0 fully saturated rings. The van der Waals surface area contributed by atoms with Crippen LogP contribution in [0.25, 0.3) is 0 Å². The fourth-order valence-corrected chi connectivity index (χ4v) is 3.52. The van der Waals surface area contributed by atoms with E-state index in [1.54, 1.807) is 18.2 Å². The molecule has 1 aliphatic heterocycles. The molecule has 0 atom stereocenters. The van der Waals surface area contributed by atoms with Gasteiger partial charge < -0.3 is 14.4 Å². The summed E-state index contributed by atoms with van der Waals surface area (Å²) in [5, 5.41) is 3.52. The normalized spacial score (nSPS) is 15.8. The first-order valence-corrected chi connectivity index (χ1v) is 9.08. The second-order valence-electron chi connectivity index (χ2n) is 6.61. The van der Waals surface area contributed by atoms with E-state index in [2.05, 4.69) is 17.2 Å². The average molecular weight is 361 g/mol. The van der Waals surface area contributed by atoms with Gasteiger partial charge in [-0.1, -0.05) is 6.92 Å². The lowest BCUT2D eigenvalue weighted by molar-refractivity contribution is 0.0833. The zero-order valence-corrected chi connectivity index (χ0v) is 15.8. The van der Waals surface area contributed by atoms with Gasteiger partial charge in [0.15, 0.2) is 5.13 Å². The smallest absolute Gasteiger partial charge is 0.324 e. The van der Waals surface area contributed by atoms with Crippen molar-refractivity contribution in [2.45, 2.75) is 39.3 Å². The number of fused-ring (bicyclic) bond motifs is 1. The van der Waals surface area contributed by atoms with E-state index in [-0.39, 0.29) is 6.03 Å². The number of anilines is 1. The van der Waals surface area contributed by atoms with Crippen LogP contribution in [0.3, 0.4) is 0 Å². The van der Waals surface area contributed by atoms with Crippen molar-refractivity contribution in [3.63, 3.8) is 0 Å². The van der Waals surface area contributed by atoms with Crippen LogP contribution in [0.2, 0.25) is 0 Å². The van der Waals surface area contributed by atoms with Gasteiger partial charge in [-0.15, -0.1) is 11.3 Å². The van der Waals surface area contributed by atoms with E-state index in [1.165, 1.54) is 11.3 Å². The first-order valence-electron chi connectivity index (χ1n) is 8.27. The SMILES string of the molecule is CCc1cnc(NC(=O)N2Cc3ccc(OC)cc3OC(C)(C)C2)s1. The third-order valence-corrected chi connectivity index (χ3v) is 5.05. The number of urea groups is 1. The molecule has 0 bridgehead atoms. The van der Waals surface area contributed by atoms with Crippen molar-refractivity contribution in [3.05, 3.63) is 34.8 Å². The molecule has 2 amide bonds. The van der Waals surface area contributed by atoms with E-state index in [0.717, 1.165) is 28.4 Å². The number of methoxy groups -OCH3 is 1. The summed E-state index contributed by atoms with van der Waals surface area (Å²) in [6, 6.07) is 5.52. The summed E-state index contributed by atoms with van der Waals surface area (Å²) in [5.41, 5.74) is 0.446. The Bertz CT molecular complexity index is 773. The monoisotopic (exact) mass is 361 g/mol. The van der Waals surface area contributed by atoms with Crippen LogP contribution >= 0.6 is 11.3 Å². The number of thiazole rings is 1. The lowest BCUT2D eigenvalue weighted by Crippen LogP contribution is -2.44. The number of ether oxygens (including phenoxy) is 2. The molecule has 0 unspecified atom stereocenters. The van der Waals surface area contributed by atoms with Crippen LogP contribution in [0.1, 0.15) is 31.2 Å². The van der Waals surface area contributed by atoms with Gasteiger partial charge in [0.05, 0.1) is 20.2 Å². The Kier molecular flexibility index (Phi) is 4.85. The van der Waals surface area contributed by atoms with Gasteiger partial charge in [-0.3, -0.25) is 5.32 Å². The number of aryl methyl sites for hydroxylation is 1. The number of nitrogens with zero attached hydrogens (tertiary/aromatic N) is 2. The molecular weight excluding hydrogens is 338 g/mol. The van der Waals surface area contributed by atoms with Gasteiger partial charge in [-0.2, -0.15) is 0 Å². The number of aromatic nitrogens is 1. The van der Waals surface area contributed by atoms with Gasteiger partial charge >= 0.3 is 6.03 Å². The third kappa shape index (κ3) is 4.04. The predicted molar refractivity (Wildman–Crippen MR) is 98.6 cm³/mol. The van der Waals surface area contributed by atoms with E-state index in [1.807, 2.05) is 32.0 Å². The summed E-state index contributed by atoms with van der Waals surface area (Å²) >= 11 is 1.50. The molecule has 2 heterocycles. The number of nitrogens with one attached hydrogen (secondary N) is 1. The zero-order valence-electron chi connectivity index (χ0n) is 15.0. The molecule has 2 aromatic rings. The number of hydrogen-bond acceptors (Lipinski definition) is 5. The van der Waals surface area contributed by atoms with Crippen LogP contribution in [0, 0.1) is 0 Å². The molecule has 0 spiro atoms. The summed E-state index contributed by atoms with van der Waals surface area (Å²) in [4.78, 5) is 19.9. The van der Waals surface area contributed by atoms with E-state index in [0.29, 0.717) is 18.2 Å². The highest BCUT2D eigenvalue weighted by Gasteiger charge is 2.32. The predicted octanol–water partition coefficient (Wildman–Crippen LogP) is 3.92. The molecule has 1 aromatic heterocycles. The van der Waals surface area contributed by atoms with Gasteiger partial charge in [0, 0.05) is 22.7 Å². The Balaban J connectivity index is 1.81. The number of hydrogen-bond donors (Lipinski definition) is 1. The maximum atomic E-state index is 12.7. The Morgan fingerprint density at radius 2 is 2.28 bits per heavy atom. The molecule has 0 radical (unpaired) electrons. The summed E-state index contributed by atoms with van der Waals surface area (Å²) in [6.45, 7) is 6.96. The fraction of sp³-hybridized carbons (Fsp3) is 0.444. The van der Waals surface area contributed by atoms with Gasteiger partial charge in [-0.05, 0) is 32.4 Å². The topological polar surface area (TPSA) is 63.7 Å². The third-order valence-electron chi connectivity index (χ3n) is 4.00. The van der Waals surface area contributed by atoms with Crippen LogP contribution < -0.4 is 14.8 Å². The van der Waals surface area contributed by atoms with Crippen molar-refractivity contribution in [2.24, 2.45) is 0 Å². The van der Waals surface area contributed by atoms with Gasteiger partial charge in [0.25, 0.3) is 0 Å². The van der Waals surface area contributed by atoms with Crippen LogP contribution in [-0.2, 0) is 13.0 Å².